The van der Waals surface area contributed by atoms with E-state index in [9.17, 15) is 4.79 Å². The summed E-state index contributed by atoms with van der Waals surface area (Å²) >= 11 is 0. The van der Waals surface area contributed by atoms with Crippen molar-refractivity contribution < 1.29 is 9.63 Å². The van der Waals surface area contributed by atoms with Crippen LogP contribution < -0.4 is 5.90 Å². The lowest BCUT2D eigenvalue weighted by Crippen LogP contribution is -2.12. The van der Waals surface area contributed by atoms with E-state index in [-0.39, 0.29) is 0 Å². The number of carbonyl (C=O) groups is 1. The Labute approximate surface area is 79.9 Å². The first kappa shape index (κ1) is 12.2. The Morgan fingerprint density at radius 3 is 2.00 bits per heavy atom. The molecule has 3 heteroatoms. The Morgan fingerprint density at radius 2 is 1.69 bits per heavy atom. The summed E-state index contributed by atoms with van der Waals surface area (Å²) in [5.74, 6) is 4.41. The van der Waals surface area contributed by atoms with Crippen molar-refractivity contribution >= 4 is 5.97 Å². The molecule has 0 heterocycles. The van der Waals surface area contributed by atoms with Crippen molar-refractivity contribution in [2.24, 2.45) is 5.90 Å². The Hall–Kier alpha value is -0.830. The third-order valence-electron chi connectivity index (χ3n) is 2.05. The molecule has 0 aromatic rings. The van der Waals surface area contributed by atoms with E-state index in [1.54, 1.807) is 6.92 Å². The number of nitrogens with two attached hydrogens (primary N) is 1. The van der Waals surface area contributed by atoms with Crippen LogP contribution in [-0.4, -0.2) is 5.97 Å². The lowest BCUT2D eigenvalue weighted by atomic mass is 10.0. The zero-order valence-electron chi connectivity index (χ0n) is 8.72. The number of hydrogen-bond donors (Lipinski definition) is 1. The summed E-state index contributed by atoms with van der Waals surface area (Å²) in [7, 11) is 0. The standard InChI is InChI=1S/C10H19NO2/c1-4-6-9(7-5-2)8(3)10(12)13-11/h4-7,11H2,1-3H3. The van der Waals surface area contributed by atoms with E-state index >= 15 is 0 Å². The second-order valence-corrected chi connectivity index (χ2v) is 3.13. The third kappa shape index (κ3) is 4.08. The molecule has 76 valence electrons. The van der Waals surface area contributed by atoms with Crippen LogP contribution in [-0.2, 0) is 9.63 Å². The molecule has 0 saturated carbocycles. The van der Waals surface area contributed by atoms with Crippen LogP contribution in [0.25, 0.3) is 0 Å². The predicted octanol–water partition coefficient (Wildman–Crippen LogP) is 2.32. The van der Waals surface area contributed by atoms with Gasteiger partial charge in [0.05, 0.1) is 0 Å². The van der Waals surface area contributed by atoms with Crippen molar-refractivity contribution in [1.82, 2.24) is 0 Å². The molecular formula is C10H19NO2. The van der Waals surface area contributed by atoms with Gasteiger partial charge in [-0.2, -0.15) is 5.90 Å². The van der Waals surface area contributed by atoms with Crippen LogP contribution in [0, 0.1) is 0 Å². The molecule has 0 fully saturated rings. The van der Waals surface area contributed by atoms with Crippen LogP contribution in [0.4, 0.5) is 0 Å². The van der Waals surface area contributed by atoms with Gasteiger partial charge >= 0.3 is 5.97 Å². The van der Waals surface area contributed by atoms with Crippen LogP contribution in [0.5, 0.6) is 0 Å². The van der Waals surface area contributed by atoms with E-state index in [4.69, 9.17) is 5.90 Å². The minimum atomic E-state index is -0.406. The van der Waals surface area contributed by atoms with Gasteiger partial charge in [-0.25, -0.2) is 4.79 Å². The van der Waals surface area contributed by atoms with Gasteiger partial charge in [0.25, 0.3) is 0 Å². The summed E-state index contributed by atoms with van der Waals surface area (Å²) in [5.41, 5.74) is 1.84. The average molecular weight is 185 g/mol. The minimum absolute atomic E-state index is 0.406. The zero-order valence-corrected chi connectivity index (χ0v) is 8.72. The van der Waals surface area contributed by atoms with Gasteiger partial charge in [0.1, 0.15) is 0 Å². The monoisotopic (exact) mass is 185 g/mol. The highest BCUT2D eigenvalue weighted by Gasteiger charge is 2.09. The highest BCUT2D eigenvalue weighted by atomic mass is 16.7. The van der Waals surface area contributed by atoms with Crippen LogP contribution in [0.1, 0.15) is 46.5 Å². The summed E-state index contributed by atoms with van der Waals surface area (Å²) in [6.07, 6.45) is 4.00. The van der Waals surface area contributed by atoms with Crippen molar-refractivity contribution in [1.29, 1.82) is 0 Å². The first-order valence-electron chi connectivity index (χ1n) is 4.77. The van der Waals surface area contributed by atoms with Crippen molar-refractivity contribution in [2.75, 3.05) is 0 Å². The highest BCUT2D eigenvalue weighted by Crippen LogP contribution is 2.17. The maximum absolute atomic E-state index is 11.1. The minimum Gasteiger partial charge on any atom is -0.370 e. The molecule has 3 nitrogen and oxygen atoms in total. The number of carbonyl (C=O) groups excluding carboxylic acids is 1. The summed E-state index contributed by atoms with van der Waals surface area (Å²) < 4.78 is 0. The van der Waals surface area contributed by atoms with Gasteiger partial charge in [0, 0.05) is 5.57 Å². The quantitative estimate of drug-likeness (QED) is 0.528. The van der Waals surface area contributed by atoms with Crippen LogP contribution in [0.3, 0.4) is 0 Å². The van der Waals surface area contributed by atoms with E-state index in [2.05, 4.69) is 18.7 Å². The van der Waals surface area contributed by atoms with Crippen molar-refractivity contribution in [3.8, 4) is 0 Å². The Bertz CT molecular complexity index is 189. The molecule has 0 aliphatic heterocycles. The molecule has 0 aliphatic rings. The Balaban J connectivity index is 4.52. The first-order valence-corrected chi connectivity index (χ1v) is 4.77. The lowest BCUT2D eigenvalue weighted by molar-refractivity contribution is -0.139. The van der Waals surface area contributed by atoms with E-state index < -0.39 is 5.97 Å². The first-order chi connectivity index (χ1) is 6.17. The molecule has 0 rings (SSSR count). The zero-order chi connectivity index (χ0) is 10.3. The summed E-state index contributed by atoms with van der Waals surface area (Å²) in [5, 5.41) is 0. The number of allylic oxidation sites excluding steroid dienone is 1. The number of hydrogen-bond acceptors (Lipinski definition) is 3. The molecule has 0 aromatic heterocycles. The Kier molecular flexibility index (Phi) is 6.24. The molecule has 0 aromatic carbocycles. The summed E-state index contributed by atoms with van der Waals surface area (Å²) in [4.78, 5) is 15.3. The normalized spacial score (nSPS) is 9.54. The van der Waals surface area contributed by atoms with Gasteiger partial charge in [-0.1, -0.05) is 32.3 Å². The van der Waals surface area contributed by atoms with Crippen molar-refractivity contribution in [3.63, 3.8) is 0 Å². The second-order valence-electron chi connectivity index (χ2n) is 3.13. The predicted molar refractivity (Wildman–Crippen MR) is 52.8 cm³/mol. The number of rotatable bonds is 5. The fourth-order valence-electron chi connectivity index (χ4n) is 1.34. The fourth-order valence-corrected chi connectivity index (χ4v) is 1.34. The topological polar surface area (TPSA) is 52.3 Å². The van der Waals surface area contributed by atoms with Gasteiger partial charge in [-0.3, -0.25) is 0 Å². The fraction of sp³-hybridized carbons (Fsp3) is 0.700. The molecule has 0 unspecified atom stereocenters. The van der Waals surface area contributed by atoms with Gasteiger partial charge in [-0.05, 0) is 19.8 Å². The van der Waals surface area contributed by atoms with Crippen molar-refractivity contribution in [2.45, 2.75) is 46.5 Å². The molecule has 13 heavy (non-hydrogen) atoms. The van der Waals surface area contributed by atoms with Crippen LogP contribution >= 0.6 is 0 Å². The molecule has 0 aliphatic carbocycles. The second kappa shape index (κ2) is 6.66. The highest BCUT2D eigenvalue weighted by molar-refractivity contribution is 5.88. The molecule has 2 N–H and O–H groups in total. The smallest absolute Gasteiger partial charge is 0.352 e. The Morgan fingerprint density at radius 1 is 1.23 bits per heavy atom. The summed E-state index contributed by atoms with van der Waals surface area (Å²) in [6.45, 7) is 5.96. The van der Waals surface area contributed by atoms with E-state index in [0.717, 1.165) is 25.7 Å². The molecule has 0 atom stereocenters. The largest absolute Gasteiger partial charge is 0.370 e. The van der Waals surface area contributed by atoms with E-state index in [1.807, 2.05) is 0 Å². The molecule has 0 saturated heterocycles. The van der Waals surface area contributed by atoms with E-state index in [1.165, 1.54) is 5.57 Å². The molecule has 0 radical (unpaired) electrons. The molecule has 0 amide bonds. The average Bonchev–Trinajstić information content (AvgIpc) is 2.15. The third-order valence-corrected chi connectivity index (χ3v) is 2.05. The SMILES string of the molecule is CCCC(CCC)=C(C)C(=O)ON. The van der Waals surface area contributed by atoms with E-state index in [0.29, 0.717) is 5.57 Å². The molecule has 0 bridgehead atoms. The maximum atomic E-state index is 11.1. The lowest BCUT2D eigenvalue weighted by Gasteiger charge is -2.08. The van der Waals surface area contributed by atoms with Gasteiger partial charge < -0.3 is 4.84 Å². The maximum Gasteiger partial charge on any atom is 0.352 e. The van der Waals surface area contributed by atoms with Gasteiger partial charge in [0.2, 0.25) is 0 Å². The van der Waals surface area contributed by atoms with Crippen LogP contribution in [0.2, 0.25) is 0 Å². The van der Waals surface area contributed by atoms with Crippen molar-refractivity contribution in [3.05, 3.63) is 11.1 Å². The van der Waals surface area contributed by atoms with Gasteiger partial charge in [-0.15, -0.1) is 0 Å². The molecule has 0 spiro atoms. The van der Waals surface area contributed by atoms with Gasteiger partial charge in [0.15, 0.2) is 0 Å². The van der Waals surface area contributed by atoms with Crippen LogP contribution in [0.15, 0.2) is 11.1 Å². The summed E-state index contributed by atoms with van der Waals surface area (Å²) in [6, 6.07) is 0. The molecular weight excluding hydrogens is 166 g/mol.